The van der Waals surface area contributed by atoms with Gasteiger partial charge in [0.1, 0.15) is 5.82 Å². The lowest BCUT2D eigenvalue weighted by molar-refractivity contribution is -0.116. The third kappa shape index (κ3) is 4.48. The molecule has 0 unspecified atom stereocenters. The van der Waals surface area contributed by atoms with Gasteiger partial charge in [0, 0.05) is 19.5 Å². The molecule has 2 rings (SSSR count). The van der Waals surface area contributed by atoms with Crippen LogP contribution in [0.2, 0.25) is 0 Å². The first-order chi connectivity index (χ1) is 9.75. The Kier molecular flexibility index (Phi) is 5.26. The maximum Gasteiger partial charge on any atom is 0.225 e. The molecule has 1 amide bonds. The third-order valence-electron chi connectivity index (χ3n) is 2.85. The summed E-state index contributed by atoms with van der Waals surface area (Å²) in [5, 5.41) is 5.73. The molecular formula is C16H17FN2O. The van der Waals surface area contributed by atoms with E-state index in [0.717, 1.165) is 0 Å². The number of hydrogen-bond donors (Lipinski definition) is 2. The van der Waals surface area contributed by atoms with Crippen molar-refractivity contribution in [3.63, 3.8) is 0 Å². The molecule has 0 atom stereocenters. The molecule has 0 heterocycles. The van der Waals surface area contributed by atoms with E-state index in [1.165, 1.54) is 11.6 Å². The fourth-order valence-electron chi connectivity index (χ4n) is 1.81. The van der Waals surface area contributed by atoms with Crippen LogP contribution in [0, 0.1) is 5.82 Å². The lowest BCUT2D eigenvalue weighted by Gasteiger charge is -2.07. The summed E-state index contributed by atoms with van der Waals surface area (Å²) in [6.07, 6.45) is 0.307. The van der Waals surface area contributed by atoms with Crippen molar-refractivity contribution < 1.29 is 9.18 Å². The largest absolute Gasteiger partial charge is 0.324 e. The second-order valence-corrected chi connectivity index (χ2v) is 4.44. The maximum absolute atomic E-state index is 13.3. The maximum atomic E-state index is 13.3. The van der Waals surface area contributed by atoms with Gasteiger partial charge in [0.2, 0.25) is 5.91 Å². The van der Waals surface area contributed by atoms with Crippen LogP contribution in [0.5, 0.6) is 0 Å². The van der Waals surface area contributed by atoms with E-state index in [-0.39, 0.29) is 11.6 Å². The molecule has 0 aromatic heterocycles. The van der Waals surface area contributed by atoms with E-state index in [1.807, 2.05) is 30.3 Å². The van der Waals surface area contributed by atoms with E-state index < -0.39 is 5.82 Å². The summed E-state index contributed by atoms with van der Waals surface area (Å²) in [6, 6.07) is 16.1. The Bertz CT molecular complexity index is 557. The van der Waals surface area contributed by atoms with Crippen LogP contribution in [0.4, 0.5) is 10.1 Å². The minimum atomic E-state index is -0.418. The Labute approximate surface area is 117 Å². The number of carbonyl (C=O) groups is 1. The molecule has 0 radical (unpaired) electrons. The van der Waals surface area contributed by atoms with Crippen LogP contribution in [0.15, 0.2) is 54.6 Å². The average Bonchev–Trinajstić information content (AvgIpc) is 2.47. The van der Waals surface area contributed by atoms with E-state index in [1.54, 1.807) is 18.2 Å². The summed E-state index contributed by atoms with van der Waals surface area (Å²) >= 11 is 0. The van der Waals surface area contributed by atoms with E-state index in [0.29, 0.717) is 19.5 Å². The zero-order chi connectivity index (χ0) is 14.2. The predicted octanol–water partition coefficient (Wildman–Crippen LogP) is 2.94. The first-order valence-corrected chi connectivity index (χ1v) is 6.55. The molecule has 2 aromatic rings. The van der Waals surface area contributed by atoms with Crippen molar-refractivity contribution in [3.05, 3.63) is 66.0 Å². The third-order valence-corrected chi connectivity index (χ3v) is 2.85. The van der Waals surface area contributed by atoms with Crippen LogP contribution in [0.1, 0.15) is 12.0 Å². The van der Waals surface area contributed by atoms with Crippen molar-refractivity contribution in [1.82, 2.24) is 5.32 Å². The number of carbonyl (C=O) groups excluding carboxylic acids is 1. The molecule has 0 fully saturated rings. The summed E-state index contributed by atoms with van der Waals surface area (Å²) in [4.78, 5) is 11.7. The number of amides is 1. The van der Waals surface area contributed by atoms with Gasteiger partial charge in [0.15, 0.2) is 0 Å². The first kappa shape index (κ1) is 14.2. The summed E-state index contributed by atoms with van der Waals surface area (Å²) in [6.45, 7) is 1.27. The van der Waals surface area contributed by atoms with E-state index >= 15 is 0 Å². The van der Waals surface area contributed by atoms with Crippen LogP contribution in [-0.2, 0) is 11.3 Å². The van der Waals surface area contributed by atoms with Crippen LogP contribution in [0.3, 0.4) is 0 Å². The standard InChI is InChI=1S/C16H17FN2O/c17-14-8-4-5-9-15(14)19-16(20)10-11-18-12-13-6-2-1-3-7-13/h1-9,18H,10-12H2,(H,19,20). The lowest BCUT2D eigenvalue weighted by atomic mass is 10.2. The van der Waals surface area contributed by atoms with Crippen LogP contribution in [-0.4, -0.2) is 12.5 Å². The van der Waals surface area contributed by atoms with Gasteiger partial charge >= 0.3 is 0 Å². The van der Waals surface area contributed by atoms with Crippen molar-refractivity contribution in [2.45, 2.75) is 13.0 Å². The highest BCUT2D eigenvalue weighted by atomic mass is 19.1. The Morgan fingerprint density at radius 2 is 1.70 bits per heavy atom. The number of halogens is 1. The highest BCUT2D eigenvalue weighted by Gasteiger charge is 2.05. The molecule has 0 aliphatic carbocycles. The minimum Gasteiger partial charge on any atom is -0.324 e. The Morgan fingerprint density at radius 3 is 2.45 bits per heavy atom. The molecule has 0 saturated heterocycles. The number of rotatable bonds is 6. The van der Waals surface area contributed by atoms with Crippen LogP contribution < -0.4 is 10.6 Å². The van der Waals surface area contributed by atoms with Gasteiger partial charge in [-0.2, -0.15) is 0 Å². The second kappa shape index (κ2) is 7.40. The van der Waals surface area contributed by atoms with Gasteiger partial charge in [0.05, 0.1) is 5.69 Å². The summed E-state index contributed by atoms with van der Waals surface area (Å²) < 4.78 is 13.3. The SMILES string of the molecule is O=C(CCNCc1ccccc1)Nc1ccccc1F. The predicted molar refractivity (Wildman–Crippen MR) is 77.8 cm³/mol. The van der Waals surface area contributed by atoms with Gasteiger partial charge in [-0.25, -0.2) is 4.39 Å². The fraction of sp³-hybridized carbons (Fsp3) is 0.188. The zero-order valence-electron chi connectivity index (χ0n) is 11.1. The highest BCUT2D eigenvalue weighted by molar-refractivity contribution is 5.90. The molecule has 4 heteroatoms. The topological polar surface area (TPSA) is 41.1 Å². The molecule has 2 aromatic carbocycles. The van der Waals surface area contributed by atoms with Crippen LogP contribution in [0.25, 0.3) is 0 Å². The number of para-hydroxylation sites is 1. The Hall–Kier alpha value is -2.20. The summed E-state index contributed by atoms with van der Waals surface area (Å²) in [5.41, 5.74) is 1.39. The zero-order valence-corrected chi connectivity index (χ0v) is 11.1. The minimum absolute atomic E-state index is 0.198. The van der Waals surface area contributed by atoms with Gasteiger partial charge in [-0.05, 0) is 17.7 Å². The van der Waals surface area contributed by atoms with Gasteiger partial charge in [-0.15, -0.1) is 0 Å². The molecule has 0 bridgehead atoms. The van der Waals surface area contributed by atoms with Crippen molar-refractivity contribution in [2.24, 2.45) is 0 Å². The molecule has 0 aliphatic rings. The van der Waals surface area contributed by atoms with Crippen LogP contribution >= 0.6 is 0 Å². The normalized spacial score (nSPS) is 10.2. The van der Waals surface area contributed by atoms with Crippen molar-refractivity contribution in [1.29, 1.82) is 0 Å². The smallest absolute Gasteiger partial charge is 0.225 e. The Morgan fingerprint density at radius 1 is 1.00 bits per heavy atom. The van der Waals surface area contributed by atoms with E-state index in [2.05, 4.69) is 10.6 Å². The first-order valence-electron chi connectivity index (χ1n) is 6.55. The van der Waals surface area contributed by atoms with Gasteiger partial charge in [-0.1, -0.05) is 42.5 Å². The number of hydrogen-bond acceptors (Lipinski definition) is 2. The van der Waals surface area contributed by atoms with Gasteiger partial charge in [-0.3, -0.25) is 4.79 Å². The lowest BCUT2D eigenvalue weighted by Crippen LogP contribution is -2.21. The van der Waals surface area contributed by atoms with E-state index in [4.69, 9.17) is 0 Å². The fourth-order valence-corrected chi connectivity index (χ4v) is 1.81. The molecule has 0 saturated carbocycles. The molecule has 0 aliphatic heterocycles. The van der Waals surface area contributed by atoms with E-state index in [9.17, 15) is 9.18 Å². The molecule has 20 heavy (non-hydrogen) atoms. The summed E-state index contributed by atoms with van der Waals surface area (Å²) in [7, 11) is 0. The second-order valence-electron chi connectivity index (χ2n) is 4.44. The number of nitrogens with one attached hydrogen (secondary N) is 2. The number of benzene rings is 2. The van der Waals surface area contributed by atoms with Gasteiger partial charge < -0.3 is 10.6 Å². The van der Waals surface area contributed by atoms with Crippen molar-refractivity contribution >= 4 is 11.6 Å². The summed E-state index contributed by atoms with van der Waals surface area (Å²) in [5.74, 6) is -0.617. The monoisotopic (exact) mass is 272 g/mol. The van der Waals surface area contributed by atoms with Crippen molar-refractivity contribution in [3.8, 4) is 0 Å². The molecule has 3 nitrogen and oxygen atoms in total. The molecule has 104 valence electrons. The Balaban J connectivity index is 1.69. The highest BCUT2D eigenvalue weighted by Crippen LogP contribution is 2.12. The molecular weight excluding hydrogens is 255 g/mol. The van der Waals surface area contributed by atoms with Crippen molar-refractivity contribution in [2.75, 3.05) is 11.9 Å². The number of anilines is 1. The molecule has 0 spiro atoms. The average molecular weight is 272 g/mol. The molecule has 2 N–H and O–H groups in total. The van der Waals surface area contributed by atoms with Gasteiger partial charge in [0.25, 0.3) is 0 Å². The quantitative estimate of drug-likeness (QED) is 0.794.